The fraction of sp³-hybridized carbons (Fsp3) is 0.316. The molecule has 9 heteroatoms. The molecule has 0 radical (unpaired) electrons. The molecule has 1 saturated heterocycles. The molecule has 2 aromatic carbocycles. The lowest BCUT2D eigenvalue weighted by Crippen LogP contribution is -2.44. The van der Waals surface area contributed by atoms with Gasteiger partial charge in [0.2, 0.25) is 10.0 Å². The SMILES string of the molecule is N#Cc1ccc(N2CCC(NS(=O)(=O)c3ccccc3)CC2)cc1C(F)(F)F. The molecule has 1 N–H and O–H groups in total. The van der Waals surface area contributed by atoms with Crippen LogP contribution in [0.4, 0.5) is 18.9 Å². The molecule has 3 rings (SSSR count). The van der Waals surface area contributed by atoms with E-state index in [2.05, 4.69) is 4.72 Å². The van der Waals surface area contributed by atoms with Crippen LogP contribution in [0.25, 0.3) is 0 Å². The Morgan fingerprint density at radius 2 is 1.71 bits per heavy atom. The van der Waals surface area contributed by atoms with E-state index in [0.717, 1.165) is 6.07 Å². The van der Waals surface area contributed by atoms with Crippen LogP contribution in [0.1, 0.15) is 24.0 Å². The van der Waals surface area contributed by atoms with Crippen molar-refractivity contribution >= 4 is 15.7 Å². The van der Waals surface area contributed by atoms with Gasteiger partial charge in [-0.2, -0.15) is 18.4 Å². The highest BCUT2D eigenvalue weighted by Crippen LogP contribution is 2.35. The first-order valence-corrected chi connectivity index (χ1v) is 10.1. The van der Waals surface area contributed by atoms with Gasteiger partial charge >= 0.3 is 6.18 Å². The van der Waals surface area contributed by atoms with E-state index in [1.807, 2.05) is 0 Å². The van der Waals surface area contributed by atoms with E-state index in [9.17, 15) is 21.6 Å². The minimum Gasteiger partial charge on any atom is -0.371 e. The number of hydrogen-bond donors (Lipinski definition) is 1. The molecule has 5 nitrogen and oxygen atoms in total. The van der Waals surface area contributed by atoms with Crippen LogP contribution < -0.4 is 9.62 Å². The van der Waals surface area contributed by atoms with Crippen molar-refractivity contribution in [2.45, 2.75) is 30.0 Å². The zero-order valence-electron chi connectivity index (χ0n) is 14.8. The van der Waals surface area contributed by atoms with E-state index in [4.69, 9.17) is 5.26 Å². The lowest BCUT2D eigenvalue weighted by Gasteiger charge is -2.34. The van der Waals surface area contributed by atoms with E-state index in [1.54, 1.807) is 29.2 Å². The number of sulfonamides is 1. The Kier molecular flexibility index (Phi) is 5.63. The predicted octanol–water partition coefficient (Wildman–Crippen LogP) is 3.52. The van der Waals surface area contributed by atoms with Gasteiger partial charge in [0.25, 0.3) is 0 Å². The molecule has 28 heavy (non-hydrogen) atoms. The normalized spacial score (nSPS) is 16.0. The average Bonchev–Trinajstić information content (AvgIpc) is 2.68. The molecule has 0 amide bonds. The summed E-state index contributed by atoms with van der Waals surface area (Å²) in [6.45, 7) is 0.816. The number of alkyl halides is 3. The van der Waals surface area contributed by atoms with Gasteiger partial charge < -0.3 is 4.90 Å². The minimum absolute atomic E-state index is 0.180. The molecule has 0 aromatic heterocycles. The lowest BCUT2D eigenvalue weighted by atomic mass is 10.0. The summed E-state index contributed by atoms with van der Waals surface area (Å²) in [4.78, 5) is 1.95. The van der Waals surface area contributed by atoms with E-state index in [1.165, 1.54) is 24.3 Å². The maximum Gasteiger partial charge on any atom is 0.417 e. The number of anilines is 1. The Morgan fingerprint density at radius 1 is 1.07 bits per heavy atom. The minimum atomic E-state index is -4.61. The van der Waals surface area contributed by atoms with Gasteiger partial charge in [-0.1, -0.05) is 18.2 Å². The van der Waals surface area contributed by atoms with Crippen LogP contribution in [0.2, 0.25) is 0 Å². The van der Waals surface area contributed by atoms with E-state index >= 15 is 0 Å². The van der Waals surface area contributed by atoms with Crippen LogP contribution in [0.3, 0.4) is 0 Å². The van der Waals surface area contributed by atoms with Crippen molar-refractivity contribution in [2.75, 3.05) is 18.0 Å². The van der Waals surface area contributed by atoms with Gasteiger partial charge in [0.1, 0.15) is 0 Å². The maximum absolute atomic E-state index is 13.1. The molecule has 148 valence electrons. The second kappa shape index (κ2) is 7.81. The van der Waals surface area contributed by atoms with Gasteiger partial charge in [-0.15, -0.1) is 0 Å². The molecule has 0 bridgehead atoms. The van der Waals surface area contributed by atoms with Gasteiger partial charge in [-0.25, -0.2) is 13.1 Å². The molecular weight excluding hydrogens is 391 g/mol. The van der Waals surface area contributed by atoms with Gasteiger partial charge in [0.05, 0.1) is 22.1 Å². The zero-order valence-corrected chi connectivity index (χ0v) is 15.6. The summed E-state index contributed by atoms with van der Waals surface area (Å²) in [5.74, 6) is 0. The third kappa shape index (κ3) is 4.46. The summed E-state index contributed by atoms with van der Waals surface area (Å²) in [6.07, 6.45) is -3.68. The fourth-order valence-corrected chi connectivity index (χ4v) is 4.53. The molecule has 1 aliphatic rings. The van der Waals surface area contributed by atoms with Crippen LogP contribution in [-0.4, -0.2) is 27.5 Å². The van der Waals surface area contributed by atoms with Gasteiger partial charge in [0.15, 0.2) is 0 Å². The maximum atomic E-state index is 13.1. The molecule has 1 heterocycles. The quantitative estimate of drug-likeness (QED) is 0.839. The third-order valence-corrected chi connectivity index (χ3v) is 6.20. The predicted molar refractivity (Wildman–Crippen MR) is 98.2 cm³/mol. The van der Waals surface area contributed by atoms with Crippen molar-refractivity contribution in [3.8, 4) is 6.07 Å². The molecule has 1 aliphatic heterocycles. The Labute approximate surface area is 161 Å². The molecule has 2 aromatic rings. The first-order chi connectivity index (χ1) is 13.2. The molecular formula is C19H18F3N3O2S. The second-order valence-corrected chi connectivity index (χ2v) is 8.25. The first-order valence-electron chi connectivity index (χ1n) is 8.64. The standard InChI is InChI=1S/C19H18F3N3O2S/c20-19(21,22)18-12-16(7-6-14(18)13-23)25-10-8-15(9-11-25)24-28(26,27)17-4-2-1-3-5-17/h1-7,12,15,24H,8-11H2. The first kappa shape index (κ1) is 20.2. The van der Waals surface area contributed by atoms with Crippen LogP contribution in [0.15, 0.2) is 53.4 Å². The number of nitriles is 1. The number of benzene rings is 2. The third-order valence-electron chi connectivity index (χ3n) is 4.66. The second-order valence-electron chi connectivity index (χ2n) is 6.54. The number of nitrogens with zero attached hydrogens (tertiary/aromatic N) is 2. The van der Waals surface area contributed by atoms with Crippen molar-refractivity contribution in [3.05, 3.63) is 59.7 Å². The molecule has 0 aliphatic carbocycles. The summed E-state index contributed by atoms with van der Waals surface area (Å²) in [5.41, 5.74) is -1.00. The summed E-state index contributed by atoms with van der Waals surface area (Å²) >= 11 is 0. The average molecular weight is 409 g/mol. The number of nitrogens with one attached hydrogen (secondary N) is 1. The van der Waals surface area contributed by atoms with Crippen LogP contribution in [0.5, 0.6) is 0 Å². The van der Waals surface area contributed by atoms with Gasteiger partial charge in [-0.3, -0.25) is 0 Å². The highest BCUT2D eigenvalue weighted by atomic mass is 32.2. The van der Waals surface area contributed by atoms with Crippen molar-refractivity contribution in [1.29, 1.82) is 5.26 Å². The Bertz CT molecular complexity index is 978. The molecule has 1 fully saturated rings. The largest absolute Gasteiger partial charge is 0.417 e. The summed E-state index contributed by atoms with van der Waals surface area (Å²) < 4.78 is 66.9. The Hall–Kier alpha value is -2.57. The number of halogens is 3. The number of hydrogen-bond acceptors (Lipinski definition) is 4. The lowest BCUT2D eigenvalue weighted by molar-refractivity contribution is -0.137. The molecule has 0 unspecified atom stereocenters. The van der Waals surface area contributed by atoms with Crippen LogP contribution >= 0.6 is 0 Å². The van der Waals surface area contributed by atoms with Crippen molar-refractivity contribution in [1.82, 2.24) is 4.72 Å². The monoisotopic (exact) mass is 409 g/mol. The van der Waals surface area contributed by atoms with Crippen molar-refractivity contribution in [3.63, 3.8) is 0 Å². The fourth-order valence-electron chi connectivity index (χ4n) is 3.20. The van der Waals surface area contributed by atoms with Crippen molar-refractivity contribution in [2.24, 2.45) is 0 Å². The summed E-state index contributed by atoms with van der Waals surface area (Å²) in [6, 6.07) is 12.9. The molecule has 0 saturated carbocycles. The summed E-state index contributed by atoms with van der Waals surface area (Å²) in [7, 11) is -3.63. The molecule has 0 spiro atoms. The number of piperidine rings is 1. The van der Waals surface area contributed by atoms with Crippen molar-refractivity contribution < 1.29 is 21.6 Å². The highest BCUT2D eigenvalue weighted by Gasteiger charge is 2.34. The summed E-state index contributed by atoms with van der Waals surface area (Å²) in [5, 5.41) is 8.89. The Morgan fingerprint density at radius 3 is 2.29 bits per heavy atom. The zero-order chi connectivity index (χ0) is 20.4. The number of rotatable bonds is 4. The van der Waals surface area contributed by atoms with E-state index in [0.29, 0.717) is 31.6 Å². The topological polar surface area (TPSA) is 73.2 Å². The highest BCUT2D eigenvalue weighted by molar-refractivity contribution is 7.89. The Balaban J connectivity index is 1.69. The van der Waals surface area contributed by atoms with Crippen LogP contribution in [-0.2, 0) is 16.2 Å². The van der Waals surface area contributed by atoms with Crippen LogP contribution in [0, 0.1) is 11.3 Å². The smallest absolute Gasteiger partial charge is 0.371 e. The van der Waals surface area contributed by atoms with E-state index in [-0.39, 0.29) is 10.9 Å². The van der Waals surface area contributed by atoms with E-state index < -0.39 is 27.3 Å². The molecule has 0 atom stereocenters. The van der Waals surface area contributed by atoms with Gasteiger partial charge in [0, 0.05) is 24.8 Å². The van der Waals surface area contributed by atoms with Gasteiger partial charge in [-0.05, 0) is 43.2 Å².